The van der Waals surface area contributed by atoms with Crippen molar-refractivity contribution in [2.24, 2.45) is 0 Å². The van der Waals surface area contributed by atoms with Crippen LogP contribution in [0.4, 0.5) is 8.78 Å². The van der Waals surface area contributed by atoms with Gasteiger partial charge in [0.25, 0.3) is 0 Å². The van der Waals surface area contributed by atoms with Gasteiger partial charge in [0, 0.05) is 10.6 Å². The Labute approximate surface area is 247 Å². The predicted octanol–water partition coefficient (Wildman–Crippen LogP) is 2.59. The summed E-state index contributed by atoms with van der Waals surface area (Å²) in [5.74, 6) is -1.34. The third kappa shape index (κ3) is 5.86. The molecule has 5 heterocycles. The van der Waals surface area contributed by atoms with Crippen LogP contribution in [-0.4, -0.2) is 52.5 Å². The number of carbonyl (C=O) groups is 1. The number of carboxylic acids is 1. The first-order valence-electron chi connectivity index (χ1n) is 12.5. The summed E-state index contributed by atoms with van der Waals surface area (Å²) < 4.78 is 42.1. The molecule has 1 saturated heterocycles. The van der Waals surface area contributed by atoms with Gasteiger partial charge < -0.3 is 0 Å². The number of thiophene rings is 1. The Morgan fingerprint density at radius 2 is 2.08 bits per heavy atom. The first-order chi connectivity index (χ1) is 19.3. The fourth-order valence-corrected chi connectivity index (χ4v) is 8.60. The van der Waals surface area contributed by atoms with E-state index in [0.717, 1.165) is 35.8 Å². The summed E-state index contributed by atoms with van der Waals surface area (Å²) in [7, 11) is 0. The number of ether oxygens (including phenoxy) is 2. The van der Waals surface area contributed by atoms with Gasteiger partial charge in [-0.05, 0) is 12.1 Å². The molecule has 0 unspecified atom stereocenters. The first-order valence-corrected chi connectivity index (χ1v) is 15.9. The Kier molecular flexibility index (Phi) is 8.04. The van der Waals surface area contributed by atoms with E-state index in [4.69, 9.17) is 26.1 Å². The molecule has 4 aromatic rings. The Balaban J connectivity index is 1.15. The van der Waals surface area contributed by atoms with Crippen molar-refractivity contribution in [2.45, 2.75) is 30.1 Å². The standard InChI is InChI=1S/C27H23ClF2IN4O4S/c28-17-2-1-16(19(30)11-17)14-39-25-18(29)3-4-20(33-25)15-5-8-34(9-6-15)13-24-32-21-12-22(27(36)37)40-26(21)35(24)31-23-7-10-38-23/h1-5,11-12,23H,6-10,13-14H2,(H,36,37)/q-1/t23-/m0/s1. The van der Waals surface area contributed by atoms with Gasteiger partial charge >= 0.3 is 198 Å². The van der Waals surface area contributed by atoms with E-state index in [1.807, 2.05) is 0 Å². The number of pyridine rings is 1. The average Bonchev–Trinajstić information content (AvgIpc) is 3.45. The van der Waals surface area contributed by atoms with Gasteiger partial charge in [0.2, 0.25) is 0 Å². The molecule has 0 aliphatic carbocycles. The van der Waals surface area contributed by atoms with Crippen molar-refractivity contribution in [2.75, 3.05) is 19.7 Å². The van der Waals surface area contributed by atoms with Gasteiger partial charge in [-0.2, -0.15) is 0 Å². The molecule has 1 atom stereocenters. The van der Waals surface area contributed by atoms with Gasteiger partial charge in [-0.25, -0.2) is 4.39 Å². The molecule has 0 radical (unpaired) electrons. The number of imidazole rings is 1. The summed E-state index contributed by atoms with van der Waals surface area (Å²) in [6, 6.07) is 8.81. The fourth-order valence-electron chi connectivity index (χ4n) is 4.36. The quantitative estimate of drug-likeness (QED) is 0.212. The van der Waals surface area contributed by atoms with E-state index >= 15 is 0 Å². The Morgan fingerprint density at radius 1 is 1.23 bits per heavy atom. The first kappa shape index (κ1) is 27.5. The second-order valence-electron chi connectivity index (χ2n) is 9.30. The van der Waals surface area contributed by atoms with Crippen LogP contribution >= 0.6 is 22.9 Å². The molecule has 13 heteroatoms. The molecule has 1 aromatic carbocycles. The molecule has 210 valence electrons. The van der Waals surface area contributed by atoms with Gasteiger partial charge in [-0.3, -0.25) is 0 Å². The number of rotatable bonds is 9. The van der Waals surface area contributed by atoms with E-state index in [1.165, 1.54) is 29.5 Å². The summed E-state index contributed by atoms with van der Waals surface area (Å²) in [6.07, 6.45) is 3.78. The number of fused-ring (bicyclic) bond motifs is 1. The van der Waals surface area contributed by atoms with Crippen LogP contribution in [0, 0.1) is 11.6 Å². The van der Waals surface area contributed by atoms with Crippen LogP contribution in [0.1, 0.15) is 39.6 Å². The number of aromatic carboxylic acids is 1. The fraction of sp³-hybridized carbons (Fsp3) is 0.296. The van der Waals surface area contributed by atoms with E-state index < -0.39 is 39.1 Å². The van der Waals surface area contributed by atoms with E-state index in [0.29, 0.717) is 30.7 Å². The number of alkyl halides is 1. The van der Waals surface area contributed by atoms with E-state index in [1.54, 1.807) is 18.2 Å². The Morgan fingerprint density at radius 3 is 2.77 bits per heavy atom. The summed E-state index contributed by atoms with van der Waals surface area (Å²) in [5.41, 5.74) is 2.56. The molecule has 3 aromatic heterocycles. The monoisotopic (exact) mass is 699 g/mol. The Bertz CT molecular complexity index is 1620. The number of nitrogens with zero attached hydrogens (tertiary/aromatic N) is 4. The minimum absolute atomic E-state index is 0.171. The van der Waals surface area contributed by atoms with Crippen LogP contribution in [-0.2, 0) is 17.9 Å². The topological polar surface area (TPSA) is 89.7 Å². The second kappa shape index (κ2) is 11.7. The molecular weight excluding hydrogens is 677 g/mol. The summed E-state index contributed by atoms with van der Waals surface area (Å²) in [4.78, 5) is 24.1. The molecule has 1 N–H and O–H groups in total. The van der Waals surface area contributed by atoms with Crippen molar-refractivity contribution >= 4 is 44.8 Å². The zero-order valence-corrected chi connectivity index (χ0v) is 24.7. The number of benzene rings is 1. The average molecular weight is 700 g/mol. The van der Waals surface area contributed by atoms with Gasteiger partial charge in [0.15, 0.2) is 0 Å². The summed E-state index contributed by atoms with van der Waals surface area (Å²) >= 11 is 6.53. The molecule has 1 fully saturated rings. The molecule has 0 bridgehead atoms. The van der Waals surface area contributed by atoms with E-state index in [9.17, 15) is 18.7 Å². The number of hydrogen-bond acceptors (Lipinski definition) is 7. The zero-order valence-electron chi connectivity index (χ0n) is 20.9. The van der Waals surface area contributed by atoms with Crippen molar-refractivity contribution in [3.05, 3.63) is 81.1 Å². The number of hydrogen-bond donors (Lipinski definition) is 1. The van der Waals surface area contributed by atoms with Crippen LogP contribution in [0.2, 0.25) is 5.02 Å². The predicted molar refractivity (Wildman–Crippen MR) is 142 cm³/mol. The van der Waals surface area contributed by atoms with Crippen LogP contribution in [0.25, 0.3) is 15.9 Å². The van der Waals surface area contributed by atoms with Crippen molar-refractivity contribution in [1.29, 1.82) is 0 Å². The normalized spacial score (nSPS) is 17.7. The zero-order chi connectivity index (χ0) is 27.8. The molecule has 8 nitrogen and oxygen atoms in total. The van der Waals surface area contributed by atoms with Crippen molar-refractivity contribution < 1.29 is 49.6 Å². The summed E-state index contributed by atoms with van der Waals surface area (Å²) in [5, 5.41) is 9.68. The van der Waals surface area contributed by atoms with Gasteiger partial charge in [-0.1, -0.05) is 17.7 Å². The van der Waals surface area contributed by atoms with Gasteiger partial charge in [0.05, 0.1) is 0 Å². The van der Waals surface area contributed by atoms with Crippen molar-refractivity contribution in [1.82, 2.24) is 17.6 Å². The number of carboxylic acid groups (broad SMARTS) is 1. The molecular formula is C27H23ClF2IN4O4S-. The van der Waals surface area contributed by atoms with E-state index in [2.05, 4.69) is 18.7 Å². The maximum atomic E-state index is 14.4. The van der Waals surface area contributed by atoms with Gasteiger partial charge in [-0.15, -0.1) is 0 Å². The molecule has 6 rings (SSSR count). The van der Waals surface area contributed by atoms with Crippen LogP contribution in [0.3, 0.4) is 0 Å². The molecule has 0 saturated carbocycles. The van der Waals surface area contributed by atoms with Gasteiger partial charge in [0.1, 0.15) is 5.82 Å². The molecule has 2 aliphatic rings. The maximum absolute atomic E-state index is 14.4. The van der Waals surface area contributed by atoms with Crippen molar-refractivity contribution in [3.8, 4) is 5.88 Å². The number of aromatic nitrogens is 3. The third-order valence-electron chi connectivity index (χ3n) is 6.59. The molecule has 40 heavy (non-hydrogen) atoms. The van der Waals surface area contributed by atoms with Crippen LogP contribution in [0.15, 0.2) is 42.5 Å². The summed E-state index contributed by atoms with van der Waals surface area (Å²) in [6.45, 7) is 2.62. The van der Waals surface area contributed by atoms with Crippen LogP contribution < -0.4 is 26.2 Å². The SMILES string of the molecule is O=C(O)c1cc2nc(CN3CC=C(c4ccc(F)c(OCc5ccc(Cl)cc5F)n4)CC3)n([I-][C@@H]3CCO3)c2s1. The Hall–Kier alpha value is -2.65. The minimum atomic E-state index is -0.942. The molecule has 0 spiro atoms. The van der Waals surface area contributed by atoms with Crippen molar-refractivity contribution in [3.63, 3.8) is 0 Å². The van der Waals surface area contributed by atoms with E-state index in [-0.39, 0.29) is 32.1 Å². The third-order valence-corrected chi connectivity index (χ3v) is 11.4. The number of halogens is 4. The molecule has 0 amide bonds. The van der Waals surface area contributed by atoms with Crippen LogP contribution in [0.5, 0.6) is 5.88 Å². The second-order valence-corrected chi connectivity index (χ2v) is 13.7. The molecule has 2 aliphatic heterocycles.